The Kier molecular flexibility index (Phi) is 10.4. The summed E-state index contributed by atoms with van der Waals surface area (Å²) in [6.45, 7) is 4.61. The maximum Gasteiger partial charge on any atom is 0.264 e. The first-order valence-corrected chi connectivity index (χ1v) is 14.5. The Morgan fingerprint density at radius 1 is 0.974 bits per heavy atom. The van der Waals surface area contributed by atoms with Crippen LogP contribution in [0, 0.1) is 5.82 Å². The minimum Gasteiger partial charge on any atom is -0.352 e. The SMILES string of the molecule is CC[C@@H](C)NC(=O)[C@H](C)N(Cc1ccc(F)cc1)C(=O)CN(c1ccc(Cl)cc1Cl)S(=O)(=O)c1ccccc1. The van der Waals surface area contributed by atoms with Crippen molar-refractivity contribution in [1.82, 2.24) is 10.2 Å². The second-order valence-corrected chi connectivity index (χ2v) is 11.8. The topological polar surface area (TPSA) is 86.8 Å². The van der Waals surface area contributed by atoms with Crippen molar-refractivity contribution in [3.05, 3.63) is 94.2 Å². The van der Waals surface area contributed by atoms with Crippen LogP contribution in [0.25, 0.3) is 0 Å². The van der Waals surface area contributed by atoms with Gasteiger partial charge in [-0.15, -0.1) is 0 Å². The van der Waals surface area contributed by atoms with Gasteiger partial charge < -0.3 is 10.2 Å². The number of carbonyl (C=O) groups is 2. The lowest BCUT2D eigenvalue weighted by Crippen LogP contribution is -2.52. The van der Waals surface area contributed by atoms with E-state index in [9.17, 15) is 22.4 Å². The molecule has 0 aliphatic rings. The Hall–Kier alpha value is -3.14. The maximum atomic E-state index is 13.9. The van der Waals surface area contributed by atoms with E-state index in [1.54, 1.807) is 25.1 Å². The summed E-state index contributed by atoms with van der Waals surface area (Å²) >= 11 is 12.4. The van der Waals surface area contributed by atoms with Crippen molar-refractivity contribution in [3.63, 3.8) is 0 Å². The van der Waals surface area contributed by atoms with Gasteiger partial charge in [0.05, 0.1) is 15.6 Å². The zero-order valence-electron chi connectivity index (χ0n) is 21.8. The van der Waals surface area contributed by atoms with Crippen molar-refractivity contribution in [2.45, 2.75) is 50.7 Å². The lowest BCUT2D eigenvalue weighted by atomic mass is 10.1. The molecule has 3 aromatic carbocycles. The number of rotatable bonds is 11. The zero-order chi connectivity index (χ0) is 28.7. The minimum atomic E-state index is -4.26. The van der Waals surface area contributed by atoms with Crippen molar-refractivity contribution in [1.29, 1.82) is 0 Å². The average molecular weight is 595 g/mol. The molecule has 0 saturated carbocycles. The van der Waals surface area contributed by atoms with Crippen LogP contribution < -0.4 is 9.62 Å². The van der Waals surface area contributed by atoms with Gasteiger partial charge in [0.15, 0.2) is 0 Å². The smallest absolute Gasteiger partial charge is 0.264 e. The van der Waals surface area contributed by atoms with E-state index in [4.69, 9.17) is 23.2 Å². The molecule has 7 nitrogen and oxygen atoms in total. The first-order valence-electron chi connectivity index (χ1n) is 12.3. The van der Waals surface area contributed by atoms with Gasteiger partial charge >= 0.3 is 0 Å². The molecule has 0 unspecified atom stereocenters. The molecule has 0 spiro atoms. The highest BCUT2D eigenvalue weighted by atomic mass is 35.5. The van der Waals surface area contributed by atoms with Gasteiger partial charge in [-0.2, -0.15) is 0 Å². The summed E-state index contributed by atoms with van der Waals surface area (Å²) in [7, 11) is -4.26. The molecule has 0 aromatic heterocycles. The van der Waals surface area contributed by atoms with Crippen LogP contribution >= 0.6 is 23.2 Å². The largest absolute Gasteiger partial charge is 0.352 e. The summed E-state index contributed by atoms with van der Waals surface area (Å²) < 4.78 is 41.9. The number of nitrogens with one attached hydrogen (secondary N) is 1. The molecule has 0 aliphatic carbocycles. The van der Waals surface area contributed by atoms with Crippen LogP contribution in [0.2, 0.25) is 10.0 Å². The Balaban J connectivity index is 2.04. The van der Waals surface area contributed by atoms with E-state index in [0.29, 0.717) is 17.0 Å². The summed E-state index contributed by atoms with van der Waals surface area (Å²) in [5.74, 6) is -1.50. The van der Waals surface area contributed by atoms with E-state index < -0.39 is 40.2 Å². The second kappa shape index (κ2) is 13.3. The average Bonchev–Trinajstić information content (AvgIpc) is 2.91. The van der Waals surface area contributed by atoms with E-state index in [1.165, 1.54) is 59.5 Å². The molecule has 0 fully saturated rings. The molecule has 0 bridgehead atoms. The highest BCUT2D eigenvalue weighted by molar-refractivity contribution is 7.92. The van der Waals surface area contributed by atoms with Crippen LogP contribution in [0.3, 0.4) is 0 Å². The fraction of sp³-hybridized carbons (Fsp3) is 0.286. The summed E-state index contributed by atoms with van der Waals surface area (Å²) in [5, 5.41) is 3.18. The van der Waals surface area contributed by atoms with E-state index >= 15 is 0 Å². The highest BCUT2D eigenvalue weighted by Crippen LogP contribution is 2.33. The number of sulfonamides is 1. The molecule has 2 atom stereocenters. The Morgan fingerprint density at radius 2 is 1.62 bits per heavy atom. The van der Waals surface area contributed by atoms with Crippen LogP contribution in [-0.4, -0.2) is 43.8 Å². The quantitative estimate of drug-likeness (QED) is 0.311. The number of carbonyl (C=O) groups excluding carboxylic acids is 2. The fourth-order valence-electron chi connectivity index (χ4n) is 3.75. The summed E-state index contributed by atoms with van der Waals surface area (Å²) in [4.78, 5) is 28.1. The minimum absolute atomic E-state index is 0.0300. The van der Waals surface area contributed by atoms with Crippen molar-refractivity contribution < 1.29 is 22.4 Å². The molecule has 1 N–H and O–H groups in total. The van der Waals surface area contributed by atoms with Gasteiger partial charge in [-0.1, -0.05) is 60.5 Å². The number of halogens is 3. The third kappa shape index (κ3) is 7.71. The molecular weight excluding hydrogens is 564 g/mol. The van der Waals surface area contributed by atoms with Crippen LogP contribution in [0.5, 0.6) is 0 Å². The number of amides is 2. The molecule has 208 valence electrons. The molecule has 11 heteroatoms. The van der Waals surface area contributed by atoms with E-state index in [0.717, 1.165) is 4.31 Å². The van der Waals surface area contributed by atoms with Gasteiger partial charge in [0.25, 0.3) is 10.0 Å². The molecule has 0 heterocycles. The first kappa shape index (κ1) is 30.4. The number of benzene rings is 3. The number of hydrogen-bond acceptors (Lipinski definition) is 4. The van der Waals surface area contributed by atoms with Crippen molar-refractivity contribution in [2.75, 3.05) is 10.8 Å². The lowest BCUT2D eigenvalue weighted by molar-refractivity contribution is -0.139. The fourth-order valence-corrected chi connectivity index (χ4v) is 5.77. The number of anilines is 1. The van der Waals surface area contributed by atoms with Crippen molar-refractivity contribution >= 4 is 50.7 Å². The van der Waals surface area contributed by atoms with Crippen LogP contribution in [0.1, 0.15) is 32.8 Å². The van der Waals surface area contributed by atoms with E-state index in [-0.39, 0.29) is 28.2 Å². The van der Waals surface area contributed by atoms with Gasteiger partial charge in [0.2, 0.25) is 11.8 Å². The van der Waals surface area contributed by atoms with E-state index in [1.807, 2.05) is 13.8 Å². The Morgan fingerprint density at radius 3 is 2.21 bits per heavy atom. The second-order valence-electron chi connectivity index (χ2n) is 9.06. The van der Waals surface area contributed by atoms with E-state index in [2.05, 4.69) is 5.32 Å². The molecule has 3 rings (SSSR count). The summed E-state index contributed by atoms with van der Waals surface area (Å²) in [5.41, 5.74) is 0.617. The highest BCUT2D eigenvalue weighted by Gasteiger charge is 2.33. The van der Waals surface area contributed by atoms with Crippen molar-refractivity contribution in [2.24, 2.45) is 0 Å². The third-order valence-electron chi connectivity index (χ3n) is 6.22. The third-order valence-corrected chi connectivity index (χ3v) is 8.53. The maximum absolute atomic E-state index is 13.9. The molecule has 3 aromatic rings. The van der Waals surface area contributed by atoms with Crippen LogP contribution in [-0.2, 0) is 26.2 Å². The normalized spacial score (nSPS) is 12.9. The van der Waals surface area contributed by atoms with Gasteiger partial charge in [-0.3, -0.25) is 13.9 Å². The number of hydrogen-bond donors (Lipinski definition) is 1. The Bertz CT molecular complexity index is 1410. The van der Waals surface area contributed by atoms with Gasteiger partial charge in [-0.05, 0) is 68.3 Å². The molecule has 0 radical (unpaired) electrons. The Labute approximate surface area is 238 Å². The van der Waals surface area contributed by atoms with Gasteiger partial charge in [0.1, 0.15) is 18.4 Å². The molecule has 0 aliphatic heterocycles. The molecular formula is C28H30Cl2FN3O4S. The van der Waals surface area contributed by atoms with Gasteiger partial charge in [0, 0.05) is 17.6 Å². The molecule has 0 saturated heterocycles. The monoisotopic (exact) mass is 593 g/mol. The molecule has 39 heavy (non-hydrogen) atoms. The van der Waals surface area contributed by atoms with Crippen molar-refractivity contribution in [3.8, 4) is 0 Å². The van der Waals surface area contributed by atoms with Crippen LogP contribution in [0.15, 0.2) is 77.7 Å². The molecule has 2 amide bonds. The predicted octanol–water partition coefficient (Wildman–Crippen LogP) is 5.66. The predicted molar refractivity (Wildman–Crippen MR) is 152 cm³/mol. The number of nitrogens with zero attached hydrogens (tertiary/aromatic N) is 2. The van der Waals surface area contributed by atoms with Gasteiger partial charge in [-0.25, -0.2) is 12.8 Å². The summed E-state index contributed by atoms with van der Waals surface area (Å²) in [6, 6.07) is 16.3. The first-order chi connectivity index (χ1) is 18.4. The van der Waals surface area contributed by atoms with Crippen LogP contribution in [0.4, 0.5) is 10.1 Å². The standard InChI is InChI=1S/C28H30Cl2FN3O4S/c1-4-19(2)32-28(36)20(3)33(17-21-10-13-23(31)14-11-21)27(35)18-34(26-15-12-22(29)16-25(26)30)39(37,38)24-8-6-5-7-9-24/h5-16,19-20H,4,17-18H2,1-3H3,(H,32,36)/t19-,20+/m1/s1. The lowest BCUT2D eigenvalue weighted by Gasteiger charge is -2.32. The zero-order valence-corrected chi connectivity index (χ0v) is 24.1. The summed E-state index contributed by atoms with van der Waals surface area (Å²) in [6.07, 6.45) is 0.683.